The quantitative estimate of drug-likeness (QED) is 0.113. The lowest BCUT2D eigenvalue weighted by atomic mass is 9.68. The maximum Gasteiger partial charge on any atom is 0.0713 e. The predicted molar refractivity (Wildman–Crippen MR) is 319 cm³/mol. The van der Waals surface area contributed by atoms with E-state index in [0.717, 1.165) is 50.5 Å². The Morgan fingerprint density at radius 2 is 0.763 bits per heavy atom. The third-order valence-electron chi connectivity index (χ3n) is 15.6. The summed E-state index contributed by atoms with van der Waals surface area (Å²) in [6.07, 6.45) is 6.42. The molecule has 13 rings (SSSR count). The van der Waals surface area contributed by atoms with E-state index in [4.69, 9.17) is 0 Å². The standard InChI is InChI=1S/C74H54N2/c1-52(53-24-7-2-8-25-53)48-55(46-47-75-61-42-44-70-66(50-61)64-37-17-20-39-68(64)73(70,57-28-9-3-10-29-57)58-30-11-4-12-31-58)54-26-23-27-56(49-54)63-36-19-22-41-72(63)76-62-43-45-71-67(51-62)65-38-18-21-40-69(65)74(71,59-32-13-5-14-33-59)60-34-15-6-16-35-60/h2-51,75-76H,1H2/b47-46-,55-48+. The van der Waals surface area contributed by atoms with Crippen molar-refractivity contribution in [3.05, 3.63) is 366 Å². The summed E-state index contributed by atoms with van der Waals surface area (Å²) in [5.74, 6) is 0. The van der Waals surface area contributed by atoms with Crippen LogP contribution in [0.2, 0.25) is 0 Å². The monoisotopic (exact) mass is 970 g/mol. The molecule has 0 heterocycles. The Labute approximate surface area is 446 Å². The zero-order valence-electron chi connectivity index (χ0n) is 42.1. The van der Waals surface area contributed by atoms with Crippen LogP contribution in [-0.2, 0) is 10.8 Å². The molecule has 2 nitrogen and oxygen atoms in total. The van der Waals surface area contributed by atoms with Crippen LogP contribution in [0.4, 0.5) is 17.1 Å². The summed E-state index contributed by atoms with van der Waals surface area (Å²) in [4.78, 5) is 0. The van der Waals surface area contributed by atoms with Crippen LogP contribution >= 0.6 is 0 Å². The molecule has 0 fully saturated rings. The van der Waals surface area contributed by atoms with Gasteiger partial charge in [-0.05, 0) is 143 Å². The van der Waals surface area contributed by atoms with Gasteiger partial charge in [0.15, 0.2) is 0 Å². The first-order valence-corrected chi connectivity index (χ1v) is 26.2. The van der Waals surface area contributed by atoms with Crippen LogP contribution in [0.15, 0.2) is 310 Å². The number of nitrogens with one attached hydrogen (secondary N) is 2. The van der Waals surface area contributed by atoms with E-state index in [1.165, 1.54) is 66.8 Å². The van der Waals surface area contributed by atoms with Gasteiger partial charge in [-0.2, -0.15) is 0 Å². The highest BCUT2D eigenvalue weighted by Crippen LogP contribution is 2.58. The van der Waals surface area contributed by atoms with Gasteiger partial charge in [-0.15, -0.1) is 0 Å². The minimum atomic E-state index is -0.447. The molecule has 0 radical (unpaired) electrons. The van der Waals surface area contributed by atoms with Gasteiger partial charge in [0.1, 0.15) is 0 Å². The van der Waals surface area contributed by atoms with E-state index in [9.17, 15) is 0 Å². The van der Waals surface area contributed by atoms with E-state index in [-0.39, 0.29) is 0 Å². The first-order valence-electron chi connectivity index (χ1n) is 26.2. The average molecular weight is 971 g/mol. The number of anilines is 3. The van der Waals surface area contributed by atoms with Crippen LogP contribution in [0.1, 0.15) is 55.6 Å². The summed E-state index contributed by atoms with van der Waals surface area (Å²) in [7, 11) is 0. The second-order valence-electron chi connectivity index (χ2n) is 19.8. The minimum absolute atomic E-state index is 0.443. The van der Waals surface area contributed by atoms with Crippen molar-refractivity contribution in [3.63, 3.8) is 0 Å². The van der Waals surface area contributed by atoms with Crippen molar-refractivity contribution in [2.45, 2.75) is 10.8 Å². The number of hydrogen-bond donors (Lipinski definition) is 2. The third kappa shape index (κ3) is 7.82. The van der Waals surface area contributed by atoms with Crippen molar-refractivity contribution in [3.8, 4) is 33.4 Å². The van der Waals surface area contributed by atoms with Crippen molar-refractivity contribution in [1.29, 1.82) is 0 Å². The summed E-state index contributed by atoms with van der Waals surface area (Å²) in [5, 5.41) is 7.58. The van der Waals surface area contributed by atoms with Crippen LogP contribution in [0.3, 0.4) is 0 Å². The summed E-state index contributed by atoms with van der Waals surface area (Å²) in [6, 6.07) is 103. The molecule has 0 amide bonds. The highest BCUT2D eigenvalue weighted by Gasteiger charge is 2.47. The molecule has 2 aliphatic carbocycles. The maximum absolute atomic E-state index is 4.56. The molecule has 0 unspecified atom stereocenters. The molecule has 2 aliphatic rings. The molecule has 11 aromatic carbocycles. The number of fused-ring (bicyclic) bond motifs is 6. The zero-order chi connectivity index (χ0) is 50.9. The molecule has 0 spiro atoms. The van der Waals surface area contributed by atoms with Crippen molar-refractivity contribution in [2.24, 2.45) is 0 Å². The summed E-state index contributed by atoms with van der Waals surface area (Å²) in [6.45, 7) is 4.56. The zero-order valence-corrected chi connectivity index (χ0v) is 42.1. The Balaban J connectivity index is 0.842. The number of para-hydroxylation sites is 1. The van der Waals surface area contributed by atoms with Crippen molar-refractivity contribution < 1.29 is 0 Å². The van der Waals surface area contributed by atoms with E-state index < -0.39 is 10.8 Å². The number of rotatable bonds is 13. The van der Waals surface area contributed by atoms with Gasteiger partial charge in [0.05, 0.1) is 10.8 Å². The van der Waals surface area contributed by atoms with Gasteiger partial charge in [0.25, 0.3) is 0 Å². The van der Waals surface area contributed by atoms with Crippen LogP contribution < -0.4 is 10.6 Å². The fourth-order valence-corrected chi connectivity index (χ4v) is 12.3. The number of benzene rings is 11. The Bertz CT molecular complexity index is 3910. The van der Waals surface area contributed by atoms with Crippen LogP contribution in [0, 0.1) is 0 Å². The van der Waals surface area contributed by atoms with Gasteiger partial charge in [-0.3, -0.25) is 0 Å². The van der Waals surface area contributed by atoms with E-state index in [1.54, 1.807) is 0 Å². The molecule has 11 aromatic rings. The third-order valence-corrected chi connectivity index (χ3v) is 15.6. The SMILES string of the molecule is C=C(/C=C(\C=C/Nc1ccc2c(c1)-c1ccccc1C2(c1ccccc1)c1ccccc1)c1cccc(-c2ccccc2Nc2ccc3c(c2)-c2ccccc2C3(c2ccccc2)c2ccccc2)c1)c1ccccc1. The summed E-state index contributed by atoms with van der Waals surface area (Å²) in [5.41, 5.74) is 23.7. The first kappa shape index (κ1) is 46.1. The van der Waals surface area contributed by atoms with Crippen molar-refractivity contribution >= 4 is 28.2 Å². The van der Waals surface area contributed by atoms with E-state index in [1.807, 2.05) is 6.07 Å². The second kappa shape index (κ2) is 19.6. The molecule has 0 saturated heterocycles. The molecule has 0 bridgehead atoms. The average Bonchev–Trinajstić information content (AvgIpc) is 4.04. The molecule has 2 heteroatoms. The van der Waals surface area contributed by atoms with E-state index >= 15 is 0 Å². The lowest BCUT2D eigenvalue weighted by Gasteiger charge is -2.33. The Morgan fingerprint density at radius 3 is 1.30 bits per heavy atom. The van der Waals surface area contributed by atoms with Gasteiger partial charge in [0.2, 0.25) is 0 Å². The van der Waals surface area contributed by atoms with Gasteiger partial charge < -0.3 is 10.6 Å². The van der Waals surface area contributed by atoms with Gasteiger partial charge in [0, 0.05) is 28.8 Å². The Hall–Kier alpha value is -9.76. The maximum atomic E-state index is 4.56. The Kier molecular flexibility index (Phi) is 11.9. The summed E-state index contributed by atoms with van der Waals surface area (Å²) >= 11 is 0. The molecule has 0 aliphatic heterocycles. The predicted octanol–water partition coefficient (Wildman–Crippen LogP) is 18.5. The van der Waals surface area contributed by atoms with E-state index in [0.29, 0.717) is 0 Å². The minimum Gasteiger partial charge on any atom is -0.362 e. The number of allylic oxidation sites excluding steroid dienone is 4. The highest BCUT2D eigenvalue weighted by atomic mass is 14.9. The van der Waals surface area contributed by atoms with Crippen LogP contribution in [-0.4, -0.2) is 0 Å². The van der Waals surface area contributed by atoms with Crippen LogP contribution in [0.5, 0.6) is 0 Å². The largest absolute Gasteiger partial charge is 0.362 e. The van der Waals surface area contributed by atoms with Crippen molar-refractivity contribution in [1.82, 2.24) is 0 Å². The molecule has 0 atom stereocenters. The fourth-order valence-electron chi connectivity index (χ4n) is 12.3. The topological polar surface area (TPSA) is 24.1 Å². The second-order valence-corrected chi connectivity index (χ2v) is 19.8. The van der Waals surface area contributed by atoms with E-state index in [2.05, 4.69) is 315 Å². The normalized spacial score (nSPS) is 13.6. The highest BCUT2D eigenvalue weighted by molar-refractivity contribution is 5.93. The molecular formula is C74H54N2. The molecular weight excluding hydrogens is 917 g/mol. The molecule has 0 aromatic heterocycles. The molecule has 360 valence electrons. The molecule has 2 N–H and O–H groups in total. The first-order chi connectivity index (χ1) is 37.6. The smallest absolute Gasteiger partial charge is 0.0713 e. The van der Waals surface area contributed by atoms with Crippen molar-refractivity contribution in [2.75, 3.05) is 10.6 Å². The fraction of sp³-hybridized carbons (Fsp3) is 0.0270. The molecule has 0 saturated carbocycles. The lowest BCUT2D eigenvalue weighted by Crippen LogP contribution is -2.28. The Morgan fingerprint density at radius 1 is 0.342 bits per heavy atom. The van der Waals surface area contributed by atoms with Gasteiger partial charge in [-0.1, -0.05) is 255 Å². The van der Waals surface area contributed by atoms with Crippen LogP contribution in [0.25, 0.3) is 44.5 Å². The van der Waals surface area contributed by atoms with Gasteiger partial charge >= 0.3 is 0 Å². The lowest BCUT2D eigenvalue weighted by molar-refractivity contribution is 0.768. The van der Waals surface area contributed by atoms with Gasteiger partial charge in [-0.25, -0.2) is 0 Å². The number of hydrogen-bond acceptors (Lipinski definition) is 2. The molecule has 76 heavy (non-hydrogen) atoms. The summed E-state index contributed by atoms with van der Waals surface area (Å²) < 4.78 is 0.